The number of rotatable bonds is 4. The molecule has 0 saturated carbocycles. The van der Waals surface area contributed by atoms with Crippen LogP contribution >= 0.6 is 0 Å². The summed E-state index contributed by atoms with van der Waals surface area (Å²) in [7, 11) is 1.73. The van der Waals surface area contributed by atoms with Crippen molar-refractivity contribution in [2.45, 2.75) is 25.9 Å². The fraction of sp³-hybridized carbons (Fsp3) is 0.269. The van der Waals surface area contributed by atoms with Crippen molar-refractivity contribution < 1.29 is 9.18 Å². The number of benzene rings is 2. The zero-order valence-electron chi connectivity index (χ0n) is 20.7. The maximum Gasteiger partial charge on any atom is 0.257 e. The standard InChI is InChI=1S/C26H26FN9O/c1-15-11-36(12-16(2)30-15)22-5-4-19(24-20(22)10-29-26(32-24)35-7-6-28-14-35)25(37)31-18-8-17-13-34(3)33-23(17)21(27)9-18/h4-10,13-16,30H,11-12H2,1-3H3,(H,31,37)/t15-,16-/m0/s1. The van der Waals surface area contributed by atoms with E-state index in [9.17, 15) is 9.18 Å². The number of fused-ring (bicyclic) bond motifs is 2. The number of nitrogens with one attached hydrogen (secondary N) is 2. The van der Waals surface area contributed by atoms with E-state index in [1.807, 2.05) is 6.07 Å². The van der Waals surface area contributed by atoms with E-state index in [4.69, 9.17) is 4.98 Å². The Labute approximate surface area is 212 Å². The highest BCUT2D eigenvalue weighted by Crippen LogP contribution is 2.31. The topological polar surface area (TPSA) is 106 Å². The third kappa shape index (κ3) is 4.27. The van der Waals surface area contributed by atoms with Crippen LogP contribution in [0.4, 0.5) is 15.8 Å². The summed E-state index contributed by atoms with van der Waals surface area (Å²) in [4.78, 5) is 29.2. The number of amides is 1. The molecule has 6 rings (SSSR count). The summed E-state index contributed by atoms with van der Waals surface area (Å²) in [6.45, 7) is 5.94. The van der Waals surface area contributed by atoms with E-state index in [2.05, 4.69) is 44.4 Å². The van der Waals surface area contributed by atoms with Crippen LogP contribution in [-0.4, -0.2) is 60.4 Å². The first kappa shape index (κ1) is 23.0. The van der Waals surface area contributed by atoms with Crippen molar-refractivity contribution >= 4 is 39.1 Å². The van der Waals surface area contributed by atoms with Crippen molar-refractivity contribution in [2.75, 3.05) is 23.3 Å². The van der Waals surface area contributed by atoms with Gasteiger partial charge in [-0.25, -0.2) is 19.3 Å². The molecule has 0 aliphatic carbocycles. The lowest BCUT2D eigenvalue weighted by molar-refractivity contribution is 0.102. The number of carbonyl (C=O) groups is 1. The molecule has 0 radical (unpaired) electrons. The normalized spacial score (nSPS) is 18.0. The van der Waals surface area contributed by atoms with Gasteiger partial charge in [0.15, 0.2) is 5.82 Å². The second-order valence-corrected chi connectivity index (χ2v) is 9.56. The van der Waals surface area contributed by atoms with Gasteiger partial charge in [-0.05, 0) is 38.1 Å². The molecular formula is C26H26FN9O. The Bertz CT molecular complexity index is 1620. The van der Waals surface area contributed by atoms with E-state index in [-0.39, 0.29) is 5.52 Å². The molecule has 1 aliphatic rings. The predicted octanol–water partition coefficient (Wildman–Crippen LogP) is 3.28. The number of hydrogen-bond acceptors (Lipinski definition) is 7. The number of piperazine rings is 1. The van der Waals surface area contributed by atoms with Crippen LogP contribution in [0.3, 0.4) is 0 Å². The van der Waals surface area contributed by atoms with Gasteiger partial charge in [0.25, 0.3) is 5.91 Å². The number of nitrogens with zero attached hydrogens (tertiary/aromatic N) is 7. The number of halogens is 1. The molecule has 2 atom stereocenters. The van der Waals surface area contributed by atoms with Crippen LogP contribution in [-0.2, 0) is 7.05 Å². The minimum absolute atomic E-state index is 0.257. The van der Waals surface area contributed by atoms with Crippen molar-refractivity contribution in [3.05, 3.63) is 66.8 Å². The predicted molar refractivity (Wildman–Crippen MR) is 140 cm³/mol. The van der Waals surface area contributed by atoms with E-state index in [0.717, 1.165) is 24.2 Å². The highest BCUT2D eigenvalue weighted by atomic mass is 19.1. The summed E-state index contributed by atoms with van der Waals surface area (Å²) in [6.07, 6.45) is 8.46. The number of anilines is 2. The average molecular weight is 500 g/mol. The summed E-state index contributed by atoms with van der Waals surface area (Å²) in [5.74, 6) is -0.488. The Morgan fingerprint density at radius 1 is 1.16 bits per heavy atom. The Balaban J connectivity index is 1.43. The second kappa shape index (κ2) is 8.93. The lowest BCUT2D eigenvalue weighted by atomic mass is 10.0. The number of imidazole rings is 1. The molecule has 5 aromatic rings. The van der Waals surface area contributed by atoms with Gasteiger partial charge in [0, 0.05) is 79.2 Å². The van der Waals surface area contributed by atoms with Gasteiger partial charge in [0.2, 0.25) is 5.95 Å². The largest absolute Gasteiger partial charge is 0.368 e. The van der Waals surface area contributed by atoms with Crippen LogP contribution in [0.1, 0.15) is 24.2 Å². The lowest BCUT2D eigenvalue weighted by Crippen LogP contribution is -2.54. The number of hydrogen-bond donors (Lipinski definition) is 2. The van der Waals surface area contributed by atoms with Gasteiger partial charge in [-0.1, -0.05) is 0 Å². The molecule has 0 unspecified atom stereocenters. The van der Waals surface area contributed by atoms with Crippen LogP contribution in [0.5, 0.6) is 0 Å². The molecule has 1 saturated heterocycles. The van der Waals surface area contributed by atoms with Gasteiger partial charge in [-0.3, -0.25) is 14.0 Å². The Morgan fingerprint density at radius 3 is 2.73 bits per heavy atom. The Hall–Kier alpha value is -4.38. The fourth-order valence-corrected chi connectivity index (χ4v) is 5.06. The molecule has 1 fully saturated rings. The molecule has 2 aromatic carbocycles. The van der Waals surface area contributed by atoms with Crippen molar-refractivity contribution in [1.82, 2.24) is 34.6 Å². The Kier molecular flexibility index (Phi) is 5.56. The second-order valence-electron chi connectivity index (χ2n) is 9.56. The van der Waals surface area contributed by atoms with Gasteiger partial charge < -0.3 is 15.5 Å². The minimum Gasteiger partial charge on any atom is -0.368 e. The van der Waals surface area contributed by atoms with Crippen LogP contribution in [0.15, 0.2) is 55.4 Å². The Morgan fingerprint density at radius 2 is 1.97 bits per heavy atom. The molecule has 2 N–H and O–H groups in total. The van der Waals surface area contributed by atoms with E-state index < -0.39 is 11.7 Å². The molecule has 1 aliphatic heterocycles. The van der Waals surface area contributed by atoms with E-state index >= 15 is 0 Å². The molecule has 11 heteroatoms. The van der Waals surface area contributed by atoms with Crippen molar-refractivity contribution in [3.8, 4) is 5.95 Å². The molecule has 0 bridgehead atoms. The molecule has 4 heterocycles. The maximum atomic E-state index is 14.6. The summed E-state index contributed by atoms with van der Waals surface area (Å²) >= 11 is 0. The van der Waals surface area contributed by atoms with Crippen molar-refractivity contribution in [1.29, 1.82) is 0 Å². The van der Waals surface area contributed by atoms with Crippen molar-refractivity contribution in [2.24, 2.45) is 7.05 Å². The quantitative estimate of drug-likeness (QED) is 0.391. The van der Waals surface area contributed by atoms with Crippen molar-refractivity contribution in [3.63, 3.8) is 0 Å². The first-order valence-corrected chi connectivity index (χ1v) is 12.1. The first-order valence-electron chi connectivity index (χ1n) is 12.1. The molecule has 0 spiro atoms. The van der Waals surface area contributed by atoms with Gasteiger partial charge in [-0.2, -0.15) is 5.10 Å². The van der Waals surface area contributed by atoms with Gasteiger partial charge in [-0.15, -0.1) is 0 Å². The molecule has 3 aromatic heterocycles. The fourth-order valence-electron chi connectivity index (χ4n) is 5.06. The highest BCUT2D eigenvalue weighted by Gasteiger charge is 2.25. The zero-order valence-corrected chi connectivity index (χ0v) is 20.7. The summed E-state index contributed by atoms with van der Waals surface area (Å²) in [5, 5.41) is 11.9. The molecule has 1 amide bonds. The molecular weight excluding hydrogens is 473 g/mol. The molecule has 188 valence electrons. The van der Waals surface area contributed by atoms with E-state index in [1.165, 1.54) is 10.7 Å². The summed E-state index contributed by atoms with van der Waals surface area (Å²) in [5.41, 5.74) is 2.44. The number of carbonyl (C=O) groups excluding carboxylic acids is 1. The number of aromatic nitrogens is 6. The van der Waals surface area contributed by atoms with Gasteiger partial charge in [0.05, 0.1) is 11.1 Å². The average Bonchev–Trinajstić information content (AvgIpc) is 3.52. The van der Waals surface area contributed by atoms with Crippen LogP contribution in [0.25, 0.3) is 27.8 Å². The van der Waals surface area contributed by atoms with Gasteiger partial charge in [0.1, 0.15) is 11.8 Å². The van der Waals surface area contributed by atoms with Crippen LogP contribution in [0, 0.1) is 5.82 Å². The van der Waals surface area contributed by atoms with Crippen LogP contribution < -0.4 is 15.5 Å². The summed E-state index contributed by atoms with van der Waals surface area (Å²) < 4.78 is 17.9. The van der Waals surface area contributed by atoms with Gasteiger partial charge >= 0.3 is 0 Å². The monoisotopic (exact) mass is 499 g/mol. The highest BCUT2D eigenvalue weighted by molar-refractivity contribution is 6.14. The molecule has 37 heavy (non-hydrogen) atoms. The third-order valence-electron chi connectivity index (χ3n) is 6.53. The maximum absolute atomic E-state index is 14.6. The SMILES string of the molecule is C[C@H]1CN(c2ccc(C(=O)Nc3cc(F)c4nn(C)cc4c3)c3nc(-n4ccnc4)ncc23)C[C@H](C)N1. The smallest absolute Gasteiger partial charge is 0.257 e. The lowest BCUT2D eigenvalue weighted by Gasteiger charge is -2.38. The zero-order chi connectivity index (χ0) is 25.7. The molecule has 10 nitrogen and oxygen atoms in total. The first-order chi connectivity index (χ1) is 17.9. The number of aryl methyl sites for hydroxylation is 1. The third-order valence-corrected chi connectivity index (χ3v) is 6.53. The van der Waals surface area contributed by atoms with E-state index in [1.54, 1.807) is 54.9 Å². The minimum atomic E-state index is -0.500. The summed E-state index contributed by atoms with van der Waals surface area (Å²) in [6, 6.07) is 7.31. The van der Waals surface area contributed by atoms with Crippen LogP contribution in [0.2, 0.25) is 0 Å². The van der Waals surface area contributed by atoms with E-state index in [0.29, 0.717) is 40.2 Å².